The molecule has 2 rings (SSSR count). The van der Waals surface area contributed by atoms with Crippen molar-refractivity contribution in [2.75, 3.05) is 53.6 Å². The Kier molecular flexibility index (Phi) is 6.49. The van der Waals surface area contributed by atoms with Crippen molar-refractivity contribution in [2.24, 2.45) is 0 Å². The average Bonchev–Trinajstić information content (AvgIpc) is 2.57. The van der Waals surface area contributed by atoms with Gasteiger partial charge in [-0.2, -0.15) is 0 Å². The largest absolute Gasteiger partial charge is 0.497 e. The fourth-order valence-corrected chi connectivity index (χ4v) is 3.13. The van der Waals surface area contributed by atoms with Crippen molar-refractivity contribution in [3.8, 4) is 11.5 Å². The van der Waals surface area contributed by atoms with E-state index in [1.54, 1.807) is 14.2 Å². The van der Waals surface area contributed by atoms with Crippen LogP contribution in [0.2, 0.25) is 0 Å². The second-order valence-corrected chi connectivity index (χ2v) is 5.68. The number of methoxy groups -OCH3 is 2. The van der Waals surface area contributed by atoms with Gasteiger partial charge < -0.3 is 19.5 Å². The topological polar surface area (TPSA) is 45.2 Å². The van der Waals surface area contributed by atoms with Crippen LogP contribution in [0.25, 0.3) is 0 Å². The molecule has 1 aromatic rings. The zero-order chi connectivity index (χ0) is 15.9. The minimum absolute atomic E-state index is 0.0474. The van der Waals surface area contributed by atoms with Crippen molar-refractivity contribution in [1.82, 2.24) is 9.80 Å². The van der Waals surface area contributed by atoms with E-state index in [0.717, 1.165) is 49.8 Å². The van der Waals surface area contributed by atoms with Crippen molar-refractivity contribution < 1.29 is 14.6 Å². The van der Waals surface area contributed by atoms with Crippen LogP contribution < -0.4 is 9.47 Å². The van der Waals surface area contributed by atoms with E-state index < -0.39 is 0 Å². The molecule has 124 valence electrons. The van der Waals surface area contributed by atoms with E-state index >= 15 is 0 Å². The summed E-state index contributed by atoms with van der Waals surface area (Å²) in [5.41, 5.74) is 0.994. The van der Waals surface area contributed by atoms with Gasteiger partial charge in [-0.05, 0) is 31.2 Å². The summed E-state index contributed by atoms with van der Waals surface area (Å²) in [7, 11) is 3.32. The maximum absolute atomic E-state index is 9.93. The summed E-state index contributed by atoms with van der Waals surface area (Å²) in [4.78, 5) is 4.82. The van der Waals surface area contributed by atoms with Gasteiger partial charge in [-0.1, -0.05) is 6.92 Å². The van der Waals surface area contributed by atoms with E-state index in [-0.39, 0.29) is 12.6 Å². The van der Waals surface area contributed by atoms with E-state index in [9.17, 15) is 5.11 Å². The highest BCUT2D eigenvalue weighted by molar-refractivity contribution is 5.42. The van der Waals surface area contributed by atoms with Crippen molar-refractivity contribution in [1.29, 1.82) is 0 Å². The molecule has 0 aromatic heterocycles. The maximum Gasteiger partial charge on any atom is 0.124 e. The molecule has 0 radical (unpaired) electrons. The molecule has 1 saturated heterocycles. The third-order valence-electron chi connectivity index (χ3n) is 4.36. The number of hydrogen-bond donors (Lipinski definition) is 1. The number of benzene rings is 1. The fraction of sp³-hybridized carbons (Fsp3) is 0.647. The van der Waals surface area contributed by atoms with Crippen LogP contribution in [0.3, 0.4) is 0 Å². The van der Waals surface area contributed by atoms with Crippen molar-refractivity contribution in [3.63, 3.8) is 0 Å². The first-order chi connectivity index (χ1) is 10.7. The molecule has 1 fully saturated rings. The molecule has 0 amide bonds. The molecule has 0 bridgehead atoms. The summed E-state index contributed by atoms with van der Waals surface area (Å²) in [5, 5.41) is 9.93. The zero-order valence-corrected chi connectivity index (χ0v) is 13.9. The van der Waals surface area contributed by atoms with Gasteiger partial charge in [0, 0.05) is 31.7 Å². The fourth-order valence-electron chi connectivity index (χ4n) is 3.13. The highest BCUT2D eigenvalue weighted by Gasteiger charge is 2.26. The maximum atomic E-state index is 9.93. The summed E-state index contributed by atoms with van der Waals surface area (Å²) in [6.45, 7) is 7.48. The Bertz CT molecular complexity index is 459. The Morgan fingerprint density at radius 1 is 1.14 bits per heavy atom. The molecule has 0 aliphatic carbocycles. The summed E-state index contributed by atoms with van der Waals surface area (Å²) >= 11 is 0. The summed E-state index contributed by atoms with van der Waals surface area (Å²) in [5.74, 6) is 1.59. The zero-order valence-electron chi connectivity index (χ0n) is 13.9. The standard InChI is InChI=1S/C17H28N2O3/c1-4-7-18-8-10-19(11-9-18)16(13-20)15-12-14(21-2)5-6-17(15)22-3/h5-6,12,16,20H,4,7-11,13H2,1-3H3. The lowest BCUT2D eigenvalue weighted by molar-refractivity contribution is 0.0639. The minimum atomic E-state index is -0.0474. The first kappa shape index (κ1) is 17.1. The lowest BCUT2D eigenvalue weighted by atomic mass is 10.0. The van der Waals surface area contributed by atoms with E-state index in [1.165, 1.54) is 6.42 Å². The van der Waals surface area contributed by atoms with Gasteiger partial charge >= 0.3 is 0 Å². The molecule has 1 atom stereocenters. The molecule has 0 saturated carbocycles. The predicted octanol–water partition coefficient (Wildman–Crippen LogP) is 1.76. The van der Waals surface area contributed by atoms with Crippen LogP contribution in [-0.2, 0) is 0 Å². The summed E-state index contributed by atoms with van der Waals surface area (Å²) in [6, 6.07) is 5.71. The van der Waals surface area contributed by atoms with Crippen LogP contribution in [0.4, 0.5) is 0 Å². The Balaban J connectivity index is 2.14. The van der Waals surface area contributed by atoms with E-state index in [1.807, 2.05) is 18.2 Å². The minimum Gasteiger partial charge on any atom is -0.497 e. The summed E-state index contributed by atoms with van der Waals surface area (Å²) in [6.07, 6.45) is 1.19. The van der Waals surface area contributed by atoms with Crippen LogP contribution in [0, 0.1) is 0 Å². The molecule has 1 N–H and O–H groups in total. The SMILES string of the molecule is CCCN1CCN(C(CO)c2cc(OC)ccc2OC)CC1. The predicted molar refractivity (Wildman–Crippen MR) is 87.7 cm³/mol. The number of aliphatic hydroxyl groups is 1. The van der Waals surface area contributed by atoms with E-state index in [2.05, 4.69) is 16.7 Å². The van der Waals surface area contributed by atoms with Gasteiger partial charge in [0.25, 0.3) is 0 Å². The molecule has 22 heavy (non-hydrogen) atoms. The molecule has 1 aromatic carbocycles. The van der Waals surface area contributed by atoms with Crippen LogP contribution in [0.1, 0.15) is 24.9 Å². The smallest absolute Gasteiger partial charge is 0.124 e. The molecular formula is C17H28N2O3. The lowest BCUT2D eigenvalue weighted by Gasteiger charge is -2.39. The normalized spacial score (nSPS) is 18.2. The van der Waals surface area contributed by atoms with Gasteiger partial charge in [-0.25, -0.2) is 0 Å². The number of nitrogens with zero attached hydrogens (tertiary/aromatic N) is 2. The Morgan fingerprint density at radius 3 is 2.41 bits per heavy atom. The monoisotopic (exact) mass is 308 g/mol. The Morgan fingerprint density at radius 2 is 1.86 bits per heavy atom. The summed E-state index contributed by atoms with van der Waals surface area (Å²) < 4.78 is 10.8. The molecule has 1 aliphatic heterocycles. The third kappa shape index (κ3) is 3.91. The van der Waals surface area contributed by atoms with Gasteiger partial charge in [0.15, 0.2) is 0 Å². The van der Waals surface area contributed by atoms with Crippen LogP contribution in [-0.4, -0.2) is 68.5 Å². The van der Waals surface area contributed by atoms with E-state index in [4.69, 9.17) is 9.47 Å². The van der Waals surface area contributed by atoms with Gasteiger partial charge in [0.05, 0.1) is 26.9 Å². The molecule has 5 heteroatoms. The Labute approximate surface area is 133 Å². The van der Waals surface area contributed by atoms with Crippen molar-refractivity contribution in [3.05, 3.63) is 23.8 Å². The average molecular weight is 308 g/mol. The molecule has 1 aliphatic rings. The van der Waals surface area contributed by atoms with Crippen LogP contribution in [0.15, 0.2) is 18.2 Å². The van der Waals surface area contributed by atoms with Crippen molar-refractivity contribution >= 4 is 0 Å². The second kappa shape index (κ2) is 8.36. The first-order valence-electron chi connectivity index (χ1n) is 8.02. The van der Waals surface area contributed by atoms with Gasteiger partial charge in [-0.3, -0.25) is 4.90 Å². The quantitative estimate of drug-likeness (QED) is 0.832. The number of hydrogen-bond acceptors (Lipinski definition) is 5. The van der Waals surface area contributed by atoms with E-state index in [0.29, 0.717) is 0 Å². The number of piperazine rings is 1. The number of aliphatic hydroxyl groups excluding tert-OH is 1. The van der Waals surface area contributed by atoms with Gasteiger partial charge in [0.1, 0.15) is 11.5 Å². The third-order valence-corrected chi connectivity index (χ3v) is 4.36. The second-order valence-electron chi connectivity index (χ2n) is 5.68. The molecule has 5 nitrogen and oxygen atoms in total. The highest BCUT2D eigenvalue weighted by atomic mass is 16.5. The molecule has 1 unspecified atom stereocenters. The van der Waals surface area contributed by atoms with Gasteiger partial charge in [-0.15, -0.1) is 0 Å². The first-order valence-corrected chi connectivity index (χ1v) is 8.02. The Hall–Kier alpha value is -1.30. The van der Waals surface area contributed by atoms with Crippen LogP contribution >= 0.6 is 0 Å². The molecule has 1 heterocycles. The van der Waals surface area contributed by atoms with Gasteiger partial charge in [0.2, 0.25) is 0 Å². The van der Waals surface area contributed by atoms with Crippen LogP contribution in [0.5, 0.6) is 11.5 Å². The molecule has 0 spiro atoms. The highest BCUT2D eigenvalue weighted by Crippen LogP contribution is 2.33. The number of ether oxygens (including phenoxy) is 2. The number of rotatable bonds is 7. The van der Waals surface area contributed by atoms with Crippen molar-refractivity contribution in [2.45, 2.75) is 19.4 Å². The lowest BCUT2D eigenvalue weighted by Crippen LogP contribution is -2.48. The molecular weight excluding hydrogens is 280 g/mol.